The van der Waals surface area contributed by atoms with Gasteiger partial charge in [0.15, 0.2) is 0 Å². The number of sulfonamides is 1. The lowest BCUT2D eigenvalue weighted by Crippen LogP contribution is -2.15. The van der Waals surface area contributed by atoms with E-state index < -0.39 is 10.0 Å². The van der Waals surface area contributed by atoms with Crippen LogP contribution in [0.15, 0.2) is 53.1 Å². The van der Waals surface area contributed by atoms with Crippen molar-refractivity contribution in [1.29, 1.82) is 0 Å². The third kappa shape index (κ3) is 4.01. The van der Waals surface area contributed by atoms with Crippen molar-refractivity contribution < 1.29 is 8.42 Å². The van der Waals surface area contributed by atoms with E-state index in [1.54, 1.807) is 24.3 Å². The number of nitrogens with one attached hydrogen (secondary N) is 1. The maximum Gasteiger partial charge on any atom is 0.264 e. The van der Waals surface area contributed by atoms with Gasteiger partial charge in [-0.25, -0.2) is 8.42 Å². The lowest BCUT2D eigenvalue weighted by Gasteiger charge is -2.13. The van der Waals surface area contributed by atoms with Crippen LogP contribution < -0.4 is 10.5 Å². The van der Waals surface area contributed by atoms with E-state index in [2.05, 4.69) is 68.4 Å². The fraction of sp³-hybridized carbons (Fsp3) is 0. The van der Waals surface area contributed by atoms with E-state index in [9.17, 15) is 8.42 Å². The molecule has 112 valence electrons. The average Bonchev–Trinajstić information content (AvgIpc) is 2.33. The van der Waals surface area contributed by atoms with Crippen LogP contribution in [0.5, 0.6) is 0 Å². The summed E-state index contributed by atoms with van der Waals surface area (Å²) in [4.78, 5) is 0.0208. The summed E-state index contributed by atoms with van der Waals surface area (Å²) in [5.74, 6) is 0. The second-order valence-electron chi connectivity index (χ2n) is 4.03. The van der Waals surface area contributed by atoms with Gasteiger partial charge < -0.3 is 5.73 Å². The monoisotopic (exact) mass is 560 g/mol. The minimum Gasteiger partial charge on any atom is -0.398 e. The lowest BCUT2D eigenvalue weighted by atomic mass is 10.3. The van der Waals surface area contributed by atoms with Crippen LogP contribution >= 0.6 is 63.7 Å². The molecule has 2 aromatic rings. The highest BCUT2D eigenvalue weighted by Gasteiger charge is 2.20. The Labute approximate surface area is 156 Å². The molecule has 0 saturated carbocycles. The van der Waals surface area contributed by atoms with Gasteiger partial charge in [0.2, 0.25) is 0 Å². The molecule has 0 atom stereocenters. The van der Waals surface area contributed by atoms with E-state index in [1.165, 1.54) is 6.07 Å². The summed E-state index contributed by atoms with van der Waals surface area (Å²) in [6, 6.07) is 8.10. The first-order valence-electron chi connectivity index (χ1n) is 5.43. The molecule has 9 heteroatoms. The molecule has 0 amide bonds. The first-order valence-corrected chi connectivity index (χ1v) is 10.1. The molecule has 0 aromatic heterocycles. The molecule has 4 nitrogen and oxygen atoms in total. The second-order valence-corrected chi connectivity index (χ2v) is 9.22. The number of anilines is 2. The summed E-state index contributed by atoms with van der Waals surface area (Å²) in [5.41, 5.74) is 6.35. The standard InChI is InChI=1S/C12H8Br4N2O2S/c13-6-1-2-11(10(17)5-6)21(19,20)18-12-8(15)3-7(14)4-9(12)16/h1-5,18H,17H2. The number of hydrogen-bond donors (Lipinski definition) is 2. The van der Waals surface area contributed by atoms with Crippen LogP contribution in [0.2, 0.25) is 0 Å². The zero-order valence-corrected chi connectivity index (χ0v) is 17.4. The molecule has 3 N–H and O–H groups in total. The molecular formula is C12H8Br4N2O2S. The van der Waals surface area contributed by atoms with Crippen LogP contribution in [0.1, 0.15) is 0 Å². The maximum absolute atomic E-state index is 12.5. The van der Waals surface area contributed by atoms with Gasteiger partial charge in [-0.3, -0.25) is 4.72 Å². The first kappa shape index (κ1) is 17.3. The van der Waals surface area contributed by atoms with Crippen molar-refractivity contribution >= 4 is 85.1 Å². The van der Waals surface area contributed by atoms with Crippen molar-refractivity contribution in [2.75, 3.05) is 10.5 Å². The minimum atomic E-state index is -3.79. The zero-order chi connectivity index (χ0) is 15.8. The van der Waals surface area contributed by atoms with Crippen LogP contribution in [0.3, 0.4) is 0 Å². The molecule has 0 spiro atoms. The van der Waals surface area contributed by atoms with Crippen LogP contribution in [-0.2, 0) is 10.0 Å². The molecule has 2 aromatic carbocycles. The predicted molar refractivity (Wildman–Crippen MR) is 98.9 cm³/mol. The van der Waals surface area contributed by atoms with Gasteiger partial charge in [0.25, 0.3) is 10.0 Å². The van der Waals surface area contributed by atoms with Gasteiger partial charge in [-0.05, 0) is 62.2 Å². The topological polar surface area (TPSA) is 72.2 Å². The smallest absolute Gasteiger partial charge is 0.264 e. The molecule has 0 radical (unpaired) electrons. The fourth-order valence-electron chi connectivity index (χ4n) is 1.59. The van der Waals surface area contributed by atoms with Crippen LogP contribution in [-0.4, -0.2) is 8.42 Å². The summed E-state index contributed by atoms with van der Waals surface area (Å²) in [7, 11) is -3.79. The normalized spacial score (nSPS) is 11.4. The van der Waals surface area contributed by atoms with Gasteiger partial charge in [0, 0.05) is 17.9 Å². The number of benzene rings is 2. The molecule has 0 fully saturated rings. The van der Waals surface area contributed by atoms with E-state index in [0.717, 1.165) is 4.47 Å². The zero-order valence-electron chi connectivity index (χ0n) is 10.2. The summed E-state index contributed by atoms with van der Waals surface area (Å²) < 4.78 is 30.2. The van der Waals surface area contributed by atoms with Crippen molar-refractivity contribution in [3.05, 3.63) is 48.2 Å². The Bertz CT molecular complexity index is 786. The molecule has 0 heterocycles. The SMILES string of the molecule is Nc1cc(Br)ccc1S(=O)(=O)Nc1c(Br)cc(Br)cc1Br. The molecule has 0 aliphatic rings. The Balaban J connectivity index is 2.47. The molecule has 0 aliphatic carbocycles. The van der Waals surface area contributed by atoms with Crippen molar-refractivity contribution in [3.8, 4) is 0 Å². The average molecular weight is 564 g/mol. The summed E-state index contributed by atoms with van der Waals surface area (Å²) >= 11 is 13.2. The van der Waals surface area contributed by atoms with Gasteiger partial charge in [-0.1, -0.05) is 31.9 Å². The number of rotatable bonds is 3. The maximum atomic E-state index is 12.5. The molecule has 2 rings (SSSR count). The highest BCUT2D eigenvalue weighted by atomic mass is 79.9. The third-order valence-corrected chi connectivity index (χ3v) is 6.13. The number of halogens is 4. The van der Waals surface area contributed by atoms with Crippen molar-refractivity contribution in [2.24, 2.45) is 0 Å². The van der Waals surface area contributed by atoms with Crippen LogP contribution in [0.4, 0.5) is 11.4 Å². The molecule has 0 aliphatic heterocycles. The molecule has 21 heavy (non-hydrogen) atoms. The van der Waals surface area contributed by atoms with Gasteiger partial charge in [-0.15, -0.1) is 0 Å². The molecule has 0 bridgehead atoms. The predicted octanol–water partition coefficient (Wildman–Crippen LogP) is 5.12. The fourth-order valence-corrected chi connectivity index (χ4v) is 5.91. The van der Waals surface area contributed by atoms with Crippen LogP contribution in [0, 0.1) is 0 Å². The van der Waals surface area contributed by atoms with Gasteiger partial charge in [0.05, 0.1) is 11.4 Å². The van der Waals surface area contributed by atoms with Gasteiger partial charge >= 0.3 is 0 Å². The van der Waals surface area contributed by atoms with E-state index in [1.807, 2.05) is 0 Å². The Morgan fingerprint density at radius 2 is 1.48 bits per heavy atom. The van der Waals surface area contributed by atoms with Crippen molar-refractivity contribution in [2.45, 2.75) is 4.90 Å². The largest absolute Gasteiger partial charge is 0.398 e. The Morgan fingerprint density at radius 1 is 0.905 bits per heavy atom. The first-order chi connectivity index (χ1) is 9.70. The number of hydrogen-bond acceptors (Lipinski definition) is 3. The van der Waals surface area contributed by atoms with E-state index in [0.29, 0.717) is 19.1 Å². The van der Waals surface area contributed by atoms with E-state index >= 15 is 0 Å². The number of nitrogens with two attached hydrogens (primary N) is 1. The lowest BCUT2D eigenvalue weighted by molar-refractivity contribution is 0.601. The molecular weight excluding hydrogens is 556 g/mol. The second kappa shape index (κ2) is 6.57. The van der Waals surface area contributed by atoms with Crippen LogP contribution in [0.25, 0.3) is 0 Å². The Morgan fingerprint density at radius 3 is 2.00 bits per heavy atom. The number of nitrogen functional groups attached to an aromatic ring is 1. The summed E-state index contributed by atoms with van der Waals surface area (Å²) in [6.45, 7) is 0. The Hall–Kier alpha value is -0.0900. The Kier molecular flexibility index (Phi) is 5.40. The molecule has 0 saturated heterocycles. The summed E-state index contributed by atoms with van der Waals surface area (Å²) in [5, 5.41) is 0. The molecule has 0 unspecified atom stereocenters. The highest BCUT2D eigenvalue weighted by molar-refractivity contribution is 9.11. The highest BCUT2D eigenvalue weighted by Crippen LogP contribution is 2.36. The third-order valence-electron chi connectivity index (χ3n) is 2.50. The van der Waals surface area contributed by atoms with Gasteiger partial charge in [-0.2, -0.15) is 0 Å². The summed E-state index contributed by atoms with van der Waals surface area (Å²) in [6.07, 6.45) is 0. The van der Waals surface area contributed by atoms with E-state index in [4.69, 9.17) is 5.73 Å². The van der Waals surface area contributed by atoms with Crippen molar-refractivity contribution in [1.82, 2.24) is 0 Å². The van der Waals surface area contributed by atoms with E-state index in [-0.39, 0.29) is 10.6 Å². The van der Waals surface area contributed by atoms with Crippen molar-refractivity contribution in [3.63, 3.8) is 0 Å². The quantitative estimate of drug-likeness (QED) is 0.509. The minimum absolute atomic E-state index is 0.0208. The van der Waals surface area contributed by atoms with Gasteiger partial charge in [0.1, 0.15) is 4.90 Å².